The fourth-order valence-corrected chi connectivity index (χ4v) is 4.49. The van der Waals surface area contributed by atoms with Crippen LogP contribution in [0.4, 0.5) is 0 Å². The van der Waals surface area contributed by atoms with E-state index in [9.17, 15) is 0 Å². The molecule has 0 aliphatic rings. The van der Waals surface area contributed by atoms with Crippen LogP contribution in [0.1, 0.15) is 45.7 Å². The fraction of sp³-hybridized carbons (Fsp3) is 0.667. The molecule has 1 aromatic rings. The number of hydrogen-bond donors (Lipinski definition) is 0. The predicted molar refractivity (Wildman–Crippen MR) is 99.7 cm³/mol. The zero-order chi connectivity index (χ0) is 15.1. The van der Waals surface area contributed by atoms with Crippen molar-refractivity contribution in [2.24, 2.45) is 0 Å². The molecule has 0 fully saturated rings. The molecule has 132 valence electrons. The van der Waals surface area contributed by atoms with Crippen LogP contribution in [-0.2, 0) is 26.1 Å². The number of benzene rings is 1. The molecule has 0 radical (unpaired) electrons. The molecule has 3 nitrogen and oxygen atoms in total. The van der Waals surface area contributed by atoms with E-state index in [2.05, 4.69) is 31.2 Å². The van der Waals surface area contributed by atoms with Crippen molar-refractivity contribution in [2.75, 3.05) is 21.3 Å². The van der Waals surface area contributed by atoms with Gasteiger partial charge in [-0.2, -0.15) is 0 Å². The first-order valence-electron chi connectivity index (χ1n) is 7.43. The summed E-state index contributed by atoms with van der Waals surface area (Å²) in [6.45, 7) is 4.18. The summed E-state index contributed by atoms with van der Waals surface area (Å²) in [7, 11) is 1.95. The molecule has 0 aliphatic heterocycles. The summed E-state index contributed by atoms with van der Waals surface area (Å²) in [6.07, 6.45) is 4.37. The standard InChI is InChI=1S/C16H29O3Si.2CH4/c1-6-15-10-12-16(13-11-15)9-7-8-14-20(5,17-2,18-3)19-4;;/h10-13H,6-9,14H2,1-5H3;2*1H4/q-1;;. The second-order valence-electron chi connectivity index (χ2n) is 5.64. The minimum atomic E-state index is -3.10. The Bertz CT molecular complexity index is 388. The van der Waals surface area contributed by atoms with Gasteiger partial charge in [-0.1, -0.05) is 14.9 Å². The van der Waals surface area contributed by atoms with E-state index in [-0.39, 0.29) is 14.9 Å². The van der Waals surface area contributed by atoms with E-state index in [0.717, 1.165) is 31.7 Å². The molecule has 0 unspecified atom stereocenters. The average molecular weight is 330 g/mol. The molecular formula is C18H37O3Si-. The first kappa shape index (κ1) is 23.6. The normalized spacial score (nSPS) is 12.7. The van der Waals surface area contributed by atoms with Crippen molar-refractivity contribution in [3.05, 3.63) is 35.4 Å². The van der Waals surface area contributed by atoms with Crippen LogP contribution in [0.5, 0.6) is 0 Å². The Morgan fingerprint density at radius 2 is 1.27 bits per heavy atom. The van der Waals surface area contributed by atoms with E-state index in [1.54, 1.807) is 21.3 Å². The predicted octanol–water partition coefficient (Wildman–Crippen LogP) is 5.31. The molecule has 0 aliphatic carbocycles. The molecule has 4 heteroatoms. The van der Waals surface area contributed by atoms with Gasteiger partial charge in [-0.15, -0.1) is 0 Å². The van der Waals surface area contributed by atoms with Crippen molar-refractivity contribution < 1.29 is 13.3 Å². The number of hydrogen-bond acceptors (Lipinski definition) is 3. The van der Waals surface area contributed by atoms with Crippen LogP contribution in [-0.4, -0.2) is 29.4 Å². The van der Waals surface area contributed by atoms with Gasteiger partial charge in [-0.25, -0.2) is 0 Å². The summed E-state index contributed by atoms with van der Waals surface area (Å²) in [5.74, 6) is 0. The minimum absolute atomic E-state index is 0. The maximum absolute atomic E-state index is 5.61. The van der Waals surface area contributed by atoms with Crippen LogP contribution in [0.15, 0.2) is 24.3 Å². The van der Waals surface area contributed by atoms with Crippen LogP contribution in [0, 0.1) is 0 Å². The summed E-state index contributed by atoms with van der Waals surface area (Å²) in [4.78, 5) is 0. The Morgan fingerprint density at radius 1 is 0.818 bits per heavy atom. The Kier molecular flexibility index (Phi) is 10.9. The van der Waals surface area contributed by atoms with Gasteiger partial charge in [0.15, 0.2) is 0 Å². The second kappa shape index (κ2) is 10.2. The molecule has 0 spiro atoms. The molecule has 0 aromatic heterocycles. The summed E-state index contributed by atoms with van der Waals surface area (Å²) in [5, 5.41) is 0. The zero-order valence-corrected chi connectivity index (χ0v) is 14.6. The summed E-state index contributed by atoms with van der Waals surface area (Å²) in [6, 6.07) is 9.76. The van der Waals surface area contributed by atoms with E-state index in [1.165, 1.54) is 11.1 Å². The average Bonchev–Trinajstić information content (AvgIpc) is 2.52. The number of unbranched alkanes of at least 4 members (excludes halogenated alkanes) is 1. The molecule has 0 saturated carbocycles. The van der Waals surface area contributed by atoms with Crippen LogP contribution < -0.4 is 0 Å². The van der Waals surface area contributed by atoms with E-state index in [0.29, 0.717) is 0 Å². The second-order valence-corrected chi connectivity index (χ2v) is 10.7. The fourth-order valence-electron chi connectivity index (χ4n) is 2.35. The summed E-state index contributed by atoms with van der Waals surface area (Å²) >= 11 is 0. The topological polar surface area (TPSA) is 27.7 Å². The van der Waals surface area contributed by atoms with Crippen molar-refractivity contribution in [3.8, 4) is 0 Å². The van der Waals surface area contributed by atoms with Crippen molar-refractivity contribution in [1.29, 1.82) is 0 Å². The van der Waals surface area contributed by atoms with Crippen LogP contribution >= 0.6 is 0 Å². The Balaban J connectivity index is 0. The first-order chi connectivity index (χ1) is 9.49. The van der Waals surface area contributed by atoms with Gasteiger partial charge in [-0.3, -0.25) is 0 Å². The maximum atomic E-state index is 5.61. The first-order valence-corrected chi connectivity index (χ1v) is 10.4. The van der Waals surface area contributed by atoms with Gasteiger partial charge in [0.05, 0.1) is 0 Å². The monoisotopic (exact) mass is 329 g/mol. The molecule has 0 amide bonds. The van der Waals surface area contributed by atoms with Crippen molar-refractivity contribution >= 4 is 8.08 Å². The third kappa shape index (κ3) is 6.21. The van der Waals surface area contributed by atoms with Gasteiger partial charge in [0, 0.05) is 0 Å². The van der Waals surface area contributed by atoms with Crippen molar-refractivity contribution in [3.63, 3.8) is 0 Å². The molecular weight excluding hydrogens is 292 g/mol. The van der Waals surface area contributed by atoms with Gasteiger partial charge >= 0.3 is 123 Å². The van der Waals surface area contributed by atoms with Crippen molar-refractivity contribution in [1.82, 2.24) is 0 Å². The molecule has 0 bridgehead atoms. The molecule has 0 saturated heterocycles. The molecule has 1 aromatic carbocycles. The van der Waals surface area contributed by atoms with Gasteiger partial charge in [0.25, 0.3) is 0 Å². The van der Waals surface area contributed by atoms with E-state index in [1.807, 2.05) is 6.55 Å². The van der Waals surface area contributed by atoms with Crippen LogP contribution in [0.2, 0.25) is 12.6 Å². The Morgan fingerprint density at radius 3 is 1.68 bits per heavy atom. The Hall–Kier alpha value is -0.683. The van der Waals surface area contributed by atoms with Gasteiger partial charge in [-0.05, 0) is 0 Å². The van der Waals surface area contributed by atoms with E-state index >= 15 is 0 Å². The zero-order valence-electron chi connectivity index (χ0n) is 13.6. The molecule has 22 heavy (non-hydrogen) atoms. The summed E-state index contributed by atoms with van der Waals surface area (Å²) < 4.78 is 16.8. The molecule has 0 N–H and O–H groups in total. The van der Waals surface area contributed by atoms with E-state index < -0.39 is 8.08 Å². The van der Waals surface area contributed by atoms with E-state index in [4.69, 9.17) is 13.3 Å². The Labute approximate surface area is 138 Å². The number of rotatable bonds is 9. The van der Waals surface area contributed by atoms with Crippen LogP contribution in [0.3, 0.4) is 0 Å². The van der Waals surface area contributed by atoms with Gasteiger partial charge in [0.2, 0.25) is 0 Å². The van der Waals surface area contributed by atoms with Gasteiger partial charge in [0.1, 0.15) is 0 Å². The number of aryl methyl sites for hydroxylation is 2. The summed E-state index contributed by atoms with van der Waals surface area (Å²) in [5.41, 5.74) is 2.79. The molecule has 1 rings (SSSR count). The molecule has 0 atom stereocenters. The SMILES string of the molecule is C.C.CCc1ccc(CCCC[Si-](C)(OC)(OC)OC)cc1. The van der Waals surface area contributed by atoms with Crippen LogP contribution in [0.25, 0.3) is 0 Å². The third-order valence-electron chi connectivity index (χ3n) is 4.43. The van der Waals surface area contributed by atoms with Gasteiger partial charge < -0.3 is 0 Å². The quantitative estimate of drug-likeness (QED) is 0.454. The van der Waals surface area contributed by atoms with Crippen molar-refractivity contribution in [2.45, 2.75) is 60.1 Å². The third-order valence-corrected chi connectivity index (χ3v) is 8.98. The molecule has 0 heterocycles.